The van der Waals surface area contributed by atoms with Crippen molar-refractivity contribution in [3.63, 3.8) is 0 Å². The predicted octanol–water partition coefficient (Wildman–Crippen LogP) is 3.21. The summed E-state index contributed by atoms with van der Waals surface area (Å²) in [7, 11) is 1.74. The molecule has 0 radical (unpaired) electrons. The summed E-state index contributed by atoms with van der Waals surface area (Å²) in [6.07, 6.45) is 0. The molecule has 0 saturated heterocycles. The highest BCUT2D eigenvalue weighted by Crippen LogP contribution is 2.29. The van der Waals surface area contributed by atoms with Gasteiger partial charge in [0.25, 0.3) is 0 Å². The summed E-state index contributed by atoms with van der Waals surface area (Å²) in [5.41, 5.74) is 0.956. The van der Waals surface area contributed by atoms with Gasteiger partial charge in [0.15, 0.2) is 0 Å². The van der Waals surface area contributed by atoms with E-state index in [1.807, 2.05) is 0 Å². The minimum Gasteiger partial charge on any atom is -0.462 e. The Morgan fingerprint density at radius 1 is 1.40 bits per heavy atom. The number of halogens is 2. The molecular formula is C10H11Cl2NO2. The number of hydrogen-bond donors (Lipinski definition) is 1. The monoisotopic (exact) mass is 247 g/mol. The van der Waals surface area contributed by atoms with E-state index in [2.05, 4.69) is 5.32 Å². The maximum Gasteiger partial charge on any atom is 0.341 e. The molecule has 0 aromatic heterocycles. The molecule has 1 aromatic carbocycles. The van der Waals surface area contributed by atoms with Crippen LogP contribution in [0.25, 0.3) is 0 Å². The fourth-order valence-corrected chi connectivity index (χ4v) is 1.76. The molecular weight excluding hydrogens is 237 g/mol. The van der Waals surface area contributed by atoms with Crippen LogP contribution in [0.2, 0.25) is 10.0 Å². The first-order valence-electron chi connectivity index (χ1n) is 4.44. The van der Waals surface area contributed by atoms with Gasteiger partial charge in [0.05, 0.1) is 22.2 Å². The van der Waals surface area contributed by atoms with Crippen LogP contribution in [0.15, 0.2) is 12.1 Å². The number of nitrogens with one attached hydrogen (secondary N) is 1. The molecule has 0 saturated carbocycles. The van der Waals surface area contributed by atoms with Gasteiger partial charge >= 0.3 is 5.97 Å². The molecule has 15 heavy (non-hydrogen) atoms. The number of ether oxygens (including phenoxy) is 1. The van der Waals surface area contributed by atoms with Crippen LogP contribution in [0, 0.1) is 0 Å². The number of rotatable bonds is 3. The summed E-state index contributed by atoms with van der Waals surface area (Å²) in [6, 6.07) is 3.25. The van der Waals surface area contributed by atoms with Gasteiger partial charge in [-0.15, -0.1) is 0 Å². The molecule has 1 N–H and O–H groups in total. The molecule has 0 aliphatic carbocycles. The van der Waals surface area contributed by atoms with Crippen LogP contribution in [0.1, 0.15) is 17.3 Å². The zero-order chi connectivity index (χ0) is 11.4. The Morgan fingerprint density at radius 2 is 1.93 bits per heavy atom. The van der Waals surface area contributed by atoms with Crippen molar-refractivity contribution in [2.45, 2.75) is 6.92 Å². The SMILES string of the molecule is CCOC(=O)c1c(Cl)cc(NC)cc1Cl. The minimum atomic E-state index is -0.504. The first-order valence-corrected chi connectivity index (χ1v) is 5.19. The fraction of sp³-hybridized carbons (Fsp3) is 0.300. The Labute approximate surface area is 98.3 Å². The Bertz CT molecular complexity index is 357. The molecule has 0 aliphatic rings. The number of hydrogen-bond acceptors (Lipinski definition) is 3. The van der Waals surface area contributed by atoms with Gasteiger partial charge in [-0.25, -0.2) is 4.79 Å². The summed E-state index contributed by atoms with van der Waals surface area (Å²) in [4.78, 5) is 11.5. The van der Waals surface area contributed by atoms with E-state index in [1.54, 1.807) is 26.1 Å². The first kappa shape index (κ1) is 12.1. The van der Waals surface area contributed by atoms with Gasteiger partial charge in [-0.2, -0.15) is 0 Å². The molecule has 0 bridgehead atoms. The highest BCUT2D eigenvalue weighted by molar-refractivity contribution is 6.39. The topological polar surface area (TPSA) is 38.3 Å². The van der Waals surface area contributed by atoms with E-state index in [4.69, 9.17) is 27.9 Å². The Hall–Kier alpha value is -0.930. The average molecular weight is 248 g/mol. The molecule has 0 amide bonds. The second-order valence-electron chi connectivity index (χ2n) is 2.79. The first-order chi connectivity index (χ1) is 7.10. The van der Waals surface area contributed by atoms with E-state index in [0.29, 0.717) is 6.61 Å². The fourth-order valence-electron chi connectivity index (χ4n) is 1.12. The van der Waals surface area contributed by atoms with Crippen LogP contribution >= 0.6 is 23.2 Å². The van der Waals surface area contributed by atoms with E-state index in [-0.39, 0.29) is 15.6 Å². The summed E-state index contributed by atoms with van der Waals surface area (Å²) >= 11 is 11.8. The summed E-state index contributed by atoms with van der Waals surface area (Å²) in [5, 5.41) is 3.45. The van der Waals surface area contributed by atoms with Crippen molar-refractivity contribution < 1.29 is 9.53 Å². The summed E-state index contributed by atoms with van der Waals surface area (Å²) in [6.45, 7) is 2.01. The van der Waals surface area contributed by atoms with Crippen molar-refractivity contribution in [3.05, 3.63) is 27.7 Å². The summed E-state index contributed by atoms with van der Waals surface area (Å²) in [5.74, 6) is -0.504. The van der Waals surface area contributed by atoms with Gasteiger partial charge in [0.1, 0.15) is 0 Å². The third-order valence-corrected chi connectivity index (χ3v) is 2.41. The number of anilines is 1. The lowest BCUT2D eigenvalue weighted by Gasteiger charge is -2.08. The van der Waals surface area contributed by atoms with Gasteiger partial charge in [-0.1, -0.05) is 23.2 Å². The van der Waals surface area contributed by atoms with Crippen molar-refractivity contribution >= 4 is 34.9 Å². The molecule has 1 aromatic rings. The third kappa shape index (κ3) is 2.76. The molecule has 0 heterocycles. The second kappa shape index (κ2) is 5.24. The van der Waals surface area contributed by atoms with Crippen LogP contribution < -0.4 is 5.32 Å². The van der Waals surface area contributed by atoms with E-state index in [9.17, 15) is 4.79 Å². The van der Waals surface area contributed by atoms with Gasteiger partial charge in [-0.3, -0.25) is 0 Å². The number of esters is 1. The summed E-state index contributed by atoms with van der Waals surface area (Å²) < 4.78 is 4.83. The van der Waals surface area contributed by atoms with Crippen molar-refractivity contribution in [1.29, 1.82) is 0 Å². The normalized spacial score (nSPS) is 9.87. The highest BCUT2D eigenvalue weighted by Gasteiger charge is 2.16. The molecule has 0 atom stereocenters. The number of benzene rings is 1. The standard InChI is InChI=1S/C10H11Cl2NO2/c1-3-15-10(14)9-7(11)4-6(13-2)5-8(9)12/h4-5,13H,3H2,1-2H3. The third-order valence-electron chi connectivity index (χ3n) is 1.81. The van der Waals surface area contributed by atoms with Gasteiger partial charge < -0.3 is 10.1 Å². The lowest BCUT2D eigenvalue weighted by Crippen LogP contribution is -2.06. The molecule has 3 nitrogen and oxygen atoms in total. The quantitative estimate of drug-likeness (QED) is 0.834. The highest BCUT2D eigenvalue weighted by atomic mass is 35.5. The van der Waals surface area contributed by atoms with E-state index in [0.717, 1.165) is 5.69 Å². The van der Waals surface area contributed by atoms with E-state index < -0.39 is 5.97 Å². The smallest absolute Gasteiger partial charge is 0.341 e. The lowest BCUT2D eigenvalue weighted by atomic mass is 10.2. The average Bonchev–Trinajstić information content (AvgIpc) is 2.16. The predicted molar refractivity (Wildman–Crippen MR) is 62.0 cm³/mol. The maximum atomic E-state index is 11.5. The number of carbonyl (C=O) groups excluding carboxylic acids is 1. The zero-order valence-electron chi connectivity index (χ0n) is 8.43. The zero-order valence-corrected chi connectivity index (χ0v) is 9.95. The Balaban J connectivity index is 3.13. The molecule has 0 aliphatic heterocycles. The van der Waals surface area contributed by atoms with E-state index in [1.165, 1.54) is 0 Å². The van der Waals surface area contributed by atoms with Crippen LogP contribution in [-0.4, -0.2) is 19.6 Å². The largest absolute Gasteiger partial charge is 0.462 e. The molecule has 0 fully saturated rings. The van der Waals surface area contributed by atoms with Crippen LogP contribution in [0.4, 0.5) is 5.69 Å². The van der Waals surface area contributed by atoms with E-state index >= 15 is 0 Å². The Kier molecular flexibility index (Phi) is 4.24. The maximum absolute atomic E-state index is 11.5. The second-order valence-corrected chi connectivity index (χ2v) is 3.60. The minimum absolute atomic E-state index is 0.208. The van der Waals surface area contributed by atoms with Crippen LogP contribution in [0.5, 0.6) is 0 Å². The lowest BCUT2D eigenvalue weighted by molar-refractivity contribution is 0.0527. The molecule has 0 unspecified atom stereocenters. The molecule has 0 spiro atoms. The van der Waals surface area contributed by atoms with Crippen molar-refractivity contribution in [3.8, 4) is 0 Å². The molecule has 5 heteroatoms. The Morgan fingerprint density at radius 3 is 2.33 bits per heavy atom. The number of carbonyl (C=O) groups is 1. The van der Waals surface area contributed by atoms with Crippen molar-refractivity contribution in [2.24, 2.45) is 0 Å². The van der Waals surface area contributed by atoms with Crippen molar-refractivity contribution in [1.82, 2.24) is 0 Å². The van der Waals surface area contributed by atoms with Gasteiger partial charge in [0.2, 0.25) is 0 Å². The van der Waals surface area contributed by atoms with Crippen LogP contribution in [-0.2, 0) is 4.74 Å². The van der Waals surface area contributed by atoms with Gasteiger partial charge in [0, 0.05) is 12.7 Å². The van der Waals surface area contributed by atoms with Crippen molar-refractivity contribution in [2.75, 3.05) is 19.0 Å². The van der Waals surface area contributed by atoms with Crippen LogP contribution in [0.3, 0.4) is 0 Å². The van der Waals surface area contributed by atoms with Gasteiger partial charge in [-0.05, 0) is 19.1 Å². The molecule has 82 valence electrons. The molecule has 1 rings (SSSR count).